The van der Waals surface area contributed by atoms with Crippen molar-refractivity contribution in [3.05, 3.63) is 35.4 Å². The van der Waals surface area contributed by atoms with Crippen molar-refractivity contribution in [1.29, 1.82) is 0 Å². The number of likely N-dealkylation sites (tertiary alicyclic amines) is 1. The molecule has 0 bridgehead atoms. The fourth-order valence-corrected chi connectivity index (χ4v) is 4.24. The molecule has 0 amide bonds. The summed E-state index contributed by atoms with van der Waals surface area (Å²) in [6.45, 7) is 4.37. The molecule has 0 radical (unpaired) electrons. The second kappa shape index (κ2) is 6.28. The average Bonchev–Trinajstić information content (AvgIpc) is 2.53. The van der Waals surface area contributed by atoms with Gasteiger partial charge in [0.25, 0.3) is 0 Å². The molecule has 0 saturated carbocycles. The van der Waals surface area contributed by atoms with Gasteiger partial charge in [-0.05, 0) is 55.7 Å². The number of hydrogen-bond acceptors (Lipinski definition) is 2. The van der Waals surface area contributed by atoms with Crippen molar-refractivity contribution in [2.75, 3.05) is 13.1 Å². The van der Waals surface area contributed by atoms with Crippen LogP contribution in [-0.4, -0.2) is 24.0 Å². The van der Waals surface area contributed by atoms with Crippen LogP contribution in [0.1, 0.15) is 56.2 Å². The number of hydrogen-bond donors (Lipinski definition) is 1. The highest BCUT2D eigenvalue weighted by molar-refractivity contribution is 5.32. The van der Waals surface area contributed by atoms with E-state index in [9.17, 15) is 0 Å². The van der Waals surface area contributed by atoms with Crippen molar-refractivity contribution in [2.24, 2.45) is 11.7 Å². The predicted molar refractivity (Wildman–Crippen MR) is 84.7 cm³/mol. The number of aryl methyl sites for hydroxylation is 1. The minimum atomic E-state index is 0.588. The largest absolute Gasteiger partial charge is 0.329 e. The highest BCUT2D eigenvalue weighted by Crippen LogP contribution is 2.38. The lowest BCUT2D eigenvalue weighted by Gasteiger charge is -2.45. The number of piperidine rings is 1. The zero-order valence-corrected chi connectivity index (χ0v) is 12.7. The van der Waals surface area contributed by atoms with Gasteiger partial charge in [0.1, 0.15) is 0 Å². The molecule has 2 nitrogen and oxygen atoms in total. The number of nitrogens with zero attached hydrogens (tertiary/aromatic N) is 1. The number of fused-ring (bicyclic) bond motifs is 1. The Morgan fingerprint density at radius 3 is 2.90 bits per heavy atom. The summed E-state index contributed by atoms with van der Waals surface area (Å²) in [7, 11) is 0. The van der Waals surface area contributed by atoms with E-state index in [0.717, 1.165) is 12.5 Å². The zero-order valence-electron chi connectivity index (χ0n) is 12.7. The van der Waals surface area contributed by atoms with Crippen LogP contribution in [0.5, 0.6) is 0 Å². The summed E-state index contributed by atoms with van der Waals surface area (Å²) >= 11 is 0. The maximum absolute atomic E-state index is 6.10. The van der Waals surface area contributed by atoms with Crippen molar-refractivity contribution in [3.8, 4) is 0 Å². The van der Waals surface area contributed by atoms with E-state index in [1.165, 1.54) is 45.1 Å². The van der Waals surface area contributed by atoms with Gasteiger partial charge in [-0.3, -0.25) is 4.90 Å². The van der Waals surface area contributed by atoms with Crippen LogP contribution >= 0.6 is 0 Å². The molecular weight excluding hydrogens is 244 g/mol. The maximum Gasteiger partial charge on any atom is 0.0354 e. The summed E-state index contributed by atoms with van der Waals surface area (Å²) in [4.78, 5) is 2.73. The van der Waals surface area contributed by atoms with Crippen molar-refractivity contribution < 1.29 is 0 Å². The van der Waals surface area contributed by atoms with E-state index >= 15 is 0 Å². The molecule has 2 N–H and O–H groups in total. The summed E-state index contributed by atoms with van der Waals surface area (Å²) in [5.74, 6) is 0.888. The Balaban J connectivity index is 1.82. The van der Waals surface area contributed by atoms with Gasteiger partial charge in [0.2, 0.25) is 0 Å². The lowest BCUT2D eigenvalue weighted by Crippen LogP contribution is -2.48. The van der Waals surface area contributed by atoms with Gasteiger partial charge in [-0.15, -0.1) is 0 Å². The third-order valence-electron chi connectivity index (χ3n) is 5.46. The van der Waals surface area contributed by atoms with Crippen LogP contribution in [0.3, 0.4) is 0 Å². The first-order chi connectivity index (χ1) is 9.83. The Labute approximate surface area is 123 Å². The van der Waals surface area contributed by atoms with Crippen LogP contribution in [0, 0.1) is 5.92 Å². The Morgan fingerprint density at radius 1 is 1.25 bits per heavy atom. The molecule has 3 rings (SSSR count). The average molecular weight is 272 g/mol. The van der Waals surface area contributed by atoms with Gasteiger partial charge < -0.3 is 5.73 Å². The molecule has 2 aliphatic rings. The summed E-state index contributed by atoms with van der Waals surface area (Å²) in [5.41, 5.74) is 9.24. The summed E-state index contributed by atoms with van der Waals surface area (Å²) in [5, 5.41) is 0. The Hall–Kier alpha value is -0.860. The Morgan fingerprint density at radius 2 is 2.10 bits per heavy atom. The van der Waals surface area contributed by atoms with E-state index in [1.807, 2.05) is 0 Å². The monoisotopic (exact) mass is 272 g/mol. The summed E-state index contributed by atoms with van der Waals surface area (Å²) in [6.07, 6.45) is 7.85. The van der Waals surface area contributed by atoms with Crippen molar-refractivity contribution >= 4 is 0 Å². The van der Waals surface area contributed by atoms with E-state index in [1.54, 1.807) is 11.1 Å². The molecule has 3 unspecified atom stereocenters. The summed E-state index contributed by atoms with van der Waals surface area (Å²) in [6, 6.07) is 10.3. The molecule has 3 atom stereocenters. The lowest BCUT2D eigenvalue weighted by molar-refractivity contribution is 0.0617. The second-order valence-electron chi connectivity index (χ2n) is 6.53. The second-order valence-corrected chi connectivity index (χ2v) is 6.53. The Kier molecular flexibility index (Phi) is 4.42. The first-order valence-electron chi connectivity index (χ1n) is 8.37. The normalized spacial score (nSPS) is 31.0. The molecule has 2 heteroatoms. The van der Waals surface area contributed by atoms with E-state index < -0.39 is 0 Å². The molecule has 1 saturated heterocycles. The third kappa shape index (κ3) is 2.64. The van der Waals surface area contributed by atoms with Crippen LogP contribution in [0.25, 0.3) is 0 Å². The van der Waals surface area contributed by atoms with Gasteiger partial charge in [0.15, 0.2) is 0 Å². The van der Waals surface area contributed by atoms with Gasteiger partial charge in [-0.2, -0.15) is 0 Å². The minimum Gasteiger partial charge on any atom is -0.329 e. The van der Waals surface area contributed by atoms with Crippen molar-refractivity contribution in [3.63, 3.8) is 0 Å². The number of nitrogens with two attached hydrogens (primary N) is 1. The first-order valence-corrected chi connectivity index (χ1v) is 8.37. The van der Waals surface area contributed by atoms with Gasteiger partial charge in [-0.1, -0.05) is 37.6 Å². The highest BCUT2D eigenvalue weighted by Gasteiger charge is 2.34. The third-order valence-corrected chi connectivity index (χ3v) is 5.46. The molecule has 110 valence electrons. The molecule has 0 aromatic heterocycles. The number of benzene rings is 1. The van der Waals surface area contributed by atoms with Crippen molar-refractivity contribution in [1.82, 2.24) is 4.90 Å². The van der Waals surface area contributed by atoms with Gasteiger partial charge in [-0.25, -0.2) is 0 Å². The SMILES string of the molecule is CCC1CCN(C2CCCc3ccccc32)C(CN)C1. The topological polar surface area (TPSA) is 29.3 Å². The standard InChI is InChI=1S/C18H28N2/c1-2-14-10-11-20(16(12-14)13-19)18-9-5-7-15-6-3-4-8-17(15)18/h3-4,6,8,14,16,18H,2,5,7,9-13,19H2,1H3. The van der Waals surface area contributed by atoms with Crippen LogP contribution in [0.2, 0.25) is 0 Å². The van der Waals surface area contributed by atoms with E-state index in [0.29, 0.717) is 12.1 Å². The lowest BCUT2D eigenvalue weighted by atomic mass is 9.82. The van der Waals surface area contributed by atoms with Gasteiger partial charge in [0, 0.05) is 18.6 Å². The molecule has 1 fully saturated rings. The molecule has 1 aliphatic carbocycles. The predicted octanol–water partition coefficient (Wildman–Crippen LogP) is 3.51. The van der Waals surface area contributed by atoms with Crippen LogP contribution < -0.4 is 5.73 Å². The smallest absolute Gasteiger partial charge is 0.0354 e. The van der Waals surface area contributed by atoms with Crippen molar-refractivity contribution in [2.45, 2.75) is 57.5 Å². The molecule has 1 heterocycles. The zero-order chi connectivity index (χ0) is 13.9. The Bertz CT molecular complexity index is 443. The van der Waals surface area contributed by atoms with Crippen LogP contribution in [0.4, 0.5) is 0 Å². The first kappa shape index (κ1) is 14.1. The van der Waals surface area contributed by atoms with Crippen LogP contribution in [0.15, 0.2) is 24.3 Å². The fourth-order valence-electron chi connectivity index (χ4n) is 4.24. The highest BCUT2D eigenvalue weighted by atomic mass is 15.2. The maximum atomic E-state index is 6.10. The molecular formula is C18H28N2. The minimum absolute atomic E-state index is 0.588. The quantitative estimate of drug-likeness (QED) is 0.912. The van der Waals surface area contributed by atoms with Gasteiger partial charge >= 0.3 is 0 Å². The molecule has 20 heavy (non-hydrogen) atoms. The molecule has 1 aromatic rings. The molecule has 1 aliphatic heterocycles. The molecule has 0 spiro atoms. The van der Waals surface area contributed by atoms with Gasteiger partial charge in [0.05, 0.1) is 0 Å². The summed E-state index contributed by atoms with van der Waals surface area (Å²) < 4.78 is 0. The van der Waals surface area contributed by atoms with E-state index in [2.05, 4.69) is 36.1 Å². The molecule has 1 aromatic carbocycles. The van der Waals surface area contributed by atoms with E-state index in [4.69, 9.17) is 5.73 Å². The van der Waals surface area contributed by atoms with Crippen LogP contribution in [-0.2, 0) is 6.42 Å². The van der Waals surface area contributed by atoms with E-state index in [-0.39, 0.29) is 0 Å². The number of rotatable bonds is 3. The fraction of sp³-hybridized carbons (Fsp3) is 0.667.